The van der Waals surface area contributed by atoms with Crippen LogP contribution in [0.25, 0.3) is 0 Å². The van der Waals surface area contributed by atoms with Gasteiger partial charge in [0, 0.05) is 6.42 Å². The zero-order valence-electron chi connectivity index (χ0n) is 22.0. The summed E-state index contributed by atoms with van der Waals surface area (Å²) >= 11 is 0. The second-order valence-electron chi connectivity index (χ2n) is 9.72. The molecule has 0 aromatic rings. The van der Waals surface area contributed by atoms with Crippen LogP contribution in [-0.2, 0) is 13.9 Å². The summed E-state index contributed by atoms with van der Waals surface area (Å²) in [6.45, 7) is 4.02. The minimum Gasteiger partial charge on any atom is -0.391 e. The number of amides is 1. The first-order valence-corrected chi connectivity index (χ1v) is 15.5. The maximum atomic E-state index is 12.3. The molecule has 0 spiro atoms. The molecule has 0 saturated heterocycles. The van der Waals surface area contributed by atoms with E-state index in [1.165, 1.54) is 77.0 Å². The fourth-order valence-electron chi connectivity index (χ4n) is 4.17. The molecule has 0 unspecified atom stereocenters. The van der Waals surface area contributed by atoms with E-state index in [1.807, 2.05) is 0 Å². The lowest BCUT2D eigenvalue weighted by Crippen LogP contribution is -2.46. The van der Waals surface area contributed by atoms with Crippen molar-refractivity contribution >= 4 is 13.7 Å². The molecule has 0 rings (SSSR count). The Bertz CT molecular complexity index is 514. The zero-order valence-corrected chi connectivity index (χ0v) is 22.9. The molecule has 0 bridgehead atoms. The molecule has 2 atom stereocenters. The van der Waals surface area contributed by atoms with Crippen molar-refractivity contribution in [3.05, 3.63) is 0 Å². The number of rotatable bonds is 25. The number of aliphatic hydroxyl groups is 1. The van der Waals surface area contributed by atoms with E-state index in [9.17, 15) is 14.5 Å². The number of unbranched alkanes of at least 4 members (excludes halogenated alkanes) is 16. The highest BCUT2D eigenvalue weighted by molar-refractivity contribution is 7.46. The highest BCUT2D eigenvalue weighted by atomic mass is 31.2. The summed E-state index contributed by atoms with van der Waals surface area (Å²) in [5.74, 6) is -0.203. The van der Waals surface area contributed by atoms with E-state index in [-0.39, 0.29) is 5.91 Å². The van der Waals surface area contributed by atoms with E-state index in [0.29, 0.717) is 12.8 Å². The molecule has 8 heteroatoms. The predicted octanol–water partition coefficient (Wildman–Crippen LogP) is 6.78. The first kappa shape index (κ1) is 33.5. The smallest absolute Gasteiger partial charge is 0.391 e. The molecular weight excluding hydrogens is 453 g/mol. The van der Waals surface area contributed by atoms with Gasteiger partial charge in [-0.05, 0) is 12.8 Å². The molecule has 0 heterocycles. The topological polar surface area (TPSA) is 116 Å². The van der Waals surface area contributed by atoms with Gasteiger partial charge in [0.15, 0.2) is 0 Å². The van der Waals surface area contributed by atoms with Crippen molar-refractivity contribution in [3.63, 3.8) is 0 Å². The normalized spacial score (nSPS) is 13.7. The van der Waals surface area contributed by atoms with Crippen LogP contribution < -0.4 is 5.32 Å². The minimum absolute atomic E-state index is 0.203. The summed E-state index contributed by atoms with van der Waals surface area (Å²) < 4.78 is 15.7. The van der Waals surface area contributed by atoms with Gasteiger partial charge in [-0.15, -0.1) is 0 Å². The number of aliphatic hydroxyl groups excluding tert-OH is 1. The van der Waals surface area contributed by atoms with Gasteiger partial charge in [0.1, 0.15) is 0 Å². The molecule has 0 aromatic carbocycles. The van der Waals surface area contributed by atoms with Gasteiger partial charge in [-0.25, -0.2) is 4.57 Å². The molecule has 0 radical (unpaired) electrons. The SMILES string of the molecule is CCCCCCCCCCCCC[C@@H](O)[C@H](COP(=O)(O)O)NC(=O)CCCCCCCCC. The number of nitrogens with one attached hydrogen (secondary N) is 1. The number of hydrogen-bond donors (Lipinski definition) is 4. The molecule has 0 saturated carbocycles. The Morgan fingerprint density at radius 1 is 0.735 bits per heavy atom. The average Bonchev–Trinajstić information content (AvgIpc) is 2.78. The largest absolute Gasteiger partial charge is 0.469 e. The fourth-order valence-corrected chi connectivity index (χ4v) is 4.52. The third kappa shape index (κ3) is 23.3. The highest BCUT2D eigenvalue weighted by Crippen LogP contribution is 2.36. The van der Waals surface area contributed by atoms with Gasteiger partial charge in [-0.1, -0.05) is 123 Å². The van der Waals surface area contributed by atoms with Crippen molar-refractivity contribution in [2.24, 2.45) is 0 Å². The van der Waals surface area contributed by atoms with E-state index in [4.69, 9.17) is 9.79 Å². The summed E-state index contributed by atoms with van der Waals surface area (Å²) in [6.07, 6.45) is 21.0. The number of carbonyl (C=O) groups excluding carboxylic acids is 1. The van der Waals surface area contributed by atoms with Crippen molar-refractivity contribution in [3.8, 4) is 0 Å². The van der Waals surface area contributed by atoms with Crippen LogP contribution in [0.15, 0.2) is 0 Å². The number of phosphoric ester groups is 1. The molecule has 7 nitrogen and oxygen atoms in total. The third-order valence-corrected chi connectivity index (χ3v) is 6.83. The Morgan fingerprint density at radius 3 is 1.59 bits per heavy atom. The molecule has 34 heavy (non-hydrogen) atoms. The first-order valence-electron chi connectivity index (χ1n) is 14.0. The van der Waals surface area contributed by atoms with Crippen molar-refractivity contribution in [2.45, 2.75) is 154 Å². The Balaban J connectivity index is 4.12. The monoisotopic (exact) mass is 507 g/mol. The standard InChI is InChI=1S/C26H54NO6P/c1-3-5-7-9-11-12-13-14-16-17-19-21-25(28)24(23-33-34(30,31)32)27-26(29)22-20-18-15-10-8-6-4-2/h24-25,28H,3-23H2,1-2H3,(H,27,29)(H2,30,31,32)/t24-,25+/m0/s1. The number of carbonyl (C=O) groups is 1. The Morgan fingerprint density at radius 2 is 1.15 bits per heavy atom. The summed E-state index contributed by atoms with van der Waals surface area (Å²) in [5, 5.41) is 13.3. The Kier molecular flexibility index (Phi) is 22.7. The van der Waals surface area contributed by atoms with Gasteiger partial charge in [-0.2, -0.15) is 0 Å². The van der Waals surface area contributed by atoms with Crippen molar-refractivity contribution in [1.29, 1.82) is 0 Å². The predicted molar refractivity (Wildman–Crippen MR) is 140 cm³/mol. The molecular formula is C26H54NO6P. The van der Waals surface area contributed by atoms with Crippen LogP contribution in [0.5, 0.6) is 0 Å². The maximum Gasteiger partial charge on any atom is 0.469 e. The van der Waals surface area contributed by atoms with E-state index < -0.39 is 26.6 Å². The van der Waals surface area contributed by atoms with Crippen LogP contribution in [0.1, 0.15) is 142 Å². The lowest BCUT2D eigenvalue weighted by Gasteiger charge is -2.24. The lowest BCUT2D eigenvalue weighted by atomic mass is 10.0. The molecule has 0 fully saturated rings. The van der Waals surface area contributed by atoms with Gasteiger partial charge >= 0.3 is 7.82 Å². The molecule has 1 amide bonds. The van der Waals surface area contributed by atoms with E-state index >= 15 is 0 Å². The van der Waals surface area contributed by atoms with Crippen LogP contribution in [0, 0.1) is 0 Å². The lowest BCUT2D eigenvalue weighted by molar-refractivity contribution is -0.123. The van der Waals surface area contributed by atoms with Gasteiger partial charge in [0.25, 0.3) is 0 Å². The molecule has 0 aliphatic rings. The van der Waals surface area contributed by atoms with Gasteiger partial charge < -0.3 is 20.2 Å². The number of hydrogen-bond acceptors (Lipinski definition) is 4. The fraction of sp³-hybridized carbons (Fsp3) is 0.962. The molecule has 0 aromatic heterocycles. The van der Waals surface area contributed by atoms with Crippen LogP contribution in [0.2, 0.25) is 0 Å². The van der Waals surface area contributed by atoms with Crippen molar-refractivity contribution in [1.82, 2.24) is 5.32 Å². The Hall–Kier alpha value is -0.460. The minimum atomic E-state index is -4.66. The van der Waals surface area contributed by atoms with Crippen molar-refractivity contribution in [2.75, 3.05) is 6.61 Å². The van der Waals surface area contributed by atoms with Crippen molar-refractivity contribution < 1.29 is 28.8 Å². The van der Waals surface area contributed by atoms with Crippen LogP contribution in [0.4, 0.5) is 0 Å². The second kappa shape index (κ2) is 23.0. The molecule has 4 N–H and O–H groups in total. The van der Waals surface area contributed by atoms with E-state index in [1.54, 1.807) is 0 Å². The van der Waals surface area contributed by atoms with Gasteiger partial charge in [0.2, 0.25) is 5.91 Å². The van der Waals surface area contributed by atoms with Crippen LogP contribution >= 0.6 is 7.82 Å². The van der Waals surface area contributed by atoms with Crippen LogP contribution in [-0.4, -0.2) is 39.6 Å². The average molecular weight is 508 g/mol. The summed E-state index contributed by atoms with van der Waals surface area (Å²) in [7, 11) is -4.66. The summed E-state index contributed by atoms with van der Waals surface area (Å²) in [5.41, 5.74) is 0. The van der Waals surface area contributed by atoms with Crippen LogP contribution in [0.3, 0.4) is 0 Å². The maximum absolute atomic E-state index is 12.3. The quantitative estimate of drug-likeness (QED) is 0.0799. The summed E-state index contributed by atoms with van der Waals surface area (Å²) in [4.78, 5) is 30.3. The third-order valence-electron chi connectivity index (χ3n) is 6.34. The van der Waals surface area contributed by atoms with E-state index in [0.717, 1.165) is 38.5 Å². The number of phosphoric acid groups is 1. The molecule has 204 valence electrons. The highest BCUT2D eigenvalue weighted by Gasteiger charge is 2.25. The zero-order chi connectivity index (χ0) is 25.5. The van der Waals surface area contributed by atoms with E-state index in [2.05, 4.69) is 23.7 Å². The summed E-state index contributed by atoms with van der Waals surface area (Å²) in [6, 6.07) is -0.812. The molecule has 0 aliphatic carbocycles. The Labute approximate surface area is 209 Å². The van der Waals surface area contributed by atoms with Gasteiger partial charge in [-0.3, -0.25) is 9.32 Å². The second-order valence-corrected chi connectivity index (χ2v) is 11.0. The van der Waals surface area contributed by atoms with Gasteiger partial charge in [0.05, 0.1) is 18.8 Å². The first-order chi connectivity index (χ1) is 16.3. The molecule has 0 aliphatic heterocycles.